The lowest BCUT2D eigenvalue weighted by Gasteiger charge is -2.13. The van der Waals surface area contributed by atoms with Crippen molar-refractivity contribution >= 4 is 34.8 Å². The van der Waals surface area contributed by atoms with E-state index < -0.39 is 0 Å². The van der Waals surface area contributed by atoms with Crippen LogP contribution in [0.5, 0.6) is 0 Å². The predicted molar refractivity (Wildman–Crippen MR) is 128 cm³/mol. The summed E-state index contributed by atoms with van der Waals surface area (Å²) in [5.74, 6) is 1.99. The average Bonchev–Trinajstić information content (AvgIpc) is 3.33. The van der Waals surface area contributed by atoms with Crippen LogP contribution in [0.4, 0.5) is 0 Å². The number of aromatic nitrogens is 3. The Morgan fingerprint density at radius 1 is 0.968 bits per heavy atom. The Kier molecular flexibility index (Phi) is 5.91. The van der Waals surface area contributed by atoms with Crippen molar-refractivity contribution in [3.05, 3.63) is 75.3 Å². The molecule has 0 bridgehead atoms. The van der Waals surface area contributed by atoms with E-state index in [0.29, 0.717) is 32.5 Å². The van der Waals surface area contributed by atoms with Gasteiger partial charge in [0.15, 0.2) is 11.7 Å². The first-order valence-electron chi connectivity index (χ1n) is 9.98. The molecule has 4 nitrogen and oxygen atoms in total. The number of rotatable bonds is 4. The van der Waals surface area contributed by atoms with Gasteiger partial charge in [0.1, 0.15) is 11.5 Å². The lowest BCUT2D eigenvalue weighted by atomic mass is 9.97. The second kappa shape index (κ2) is 8.34. The van der Waals surface area contributed by atoms with Crippen molar-refractivity contribution < 1.29 is 4.42 Å². The zero-order valence-electron chi connectivity index (χ0n) is 17.7. The normalized spacial score (nSPS) is 11.8. The van der Waals surface area contributed by atoms with Crippen molar-refractivity contribution in [1.29, 1.82) is 0 Å². The predicted octanol–water partition coefficient (Wildman–Crippen LogP) is 8.01. The highest BCUT2D eigenvalue weighted by Gasteiger charge is 2.26. The smallest absolute Gasteiger partial charge is 0.200 e. The van der Waals surface area contributed by atoms with Crippen LogP contribution in [0.3, 0.4) is 0 Å². The number of halogens is 3. The standard InChI is InChI=1S/C24H22Cl3N3O/c1-5-19-21(20-13-28-23(31-20)24(2,3)4)29-22(17-11-8-15(26)12-18(17)27)30(19)16-9-6-14(25)7-10-16/h6-13H,5H2,1-4H3. The van der Waals surface area contributed by atoms with Gasteiger partial charge in [-0.25, -0.2) is 9.97 Å². The fourth-order valence-electron chi connectivity index (χ4n) is 3.43. The molecule has 0 saturated heterocycles. The molecule has 0 fully saturated rings. The number of hydrogen-bond donors (Lipinski definition) is 0. The summed E-state index contributed by atoms with van der Waals surface area (Å²) in [4.78, 5) is 9.46. The minimum Gasteiger partial charge on any atom is -0.438 e. The third-order valence-corrected chi connectivity index (χ3v) is 5.74. The number of benzene rings is 2. The maximum Gasteiger partial charge on any atom is 0.200 e. The number of oxazole rings is 1. The van der Waals surface area contributed by atoms with Crippen molar-refractivity contribution in [2.24, 2.45) is 0 Å². The summed E-state index contributed by atoms with van der Waals surface area (Å²) in [5, 5.41) is 1.76. The van der Waals surface area contributed by atoms with Crippen LogP contribution in [0.1, 0.15) is 39.3 Å². The fraction of sp³-hybridized carbons (Fsp3) is 0.250. The van der Waals surface area contributed by atoms with E-state index in [0.717, 1.165) is 29.1 Å². The van der Waals surface area contributed by atoms with Crippen molar-refractivity contribution in [2.45, 2.75) is 39.5 Å². The molecule has 0 saturated carbocycles. The largest absolute Gasteiger partial charge is 0.438 e. The van der Waals surface area contributed by atoms with Gasteiger partial charge in [0, 0.05) is 26.7 Å². The summed E-state index contributed by atoms with van der Waals surface area (Å²) in [6.07, 6.45) is 2.46. The van der Waals surface area contributed by atoms with Gasteiger partial charge in [-0.1, -0.05) is 62.5 Å². The molecule has 7 heteroatoms. The molecule has 0 unspecified atom stereocenters. The number of hydrogen-bond acceptors (Lipinski definition) is 3. The van der Waals surface area contributed by atoms with Crippen molar-refractivity contribution in [3.8, 4) is 28.5 Å². The molecule has 2 aromatic heterocycles. The van der Waals surface area contributed by atoms with Crippen LogP contribution in [0.25, 0.3) is 28.5 Å². The van der Waals surface area contributed by atoms with E-state index in [4.69, 9.17) is 44.2 Å². The highest BCUT2D eigenvalue weighted by atomic mass is 35.5. The van der Waals surface area contributed by atoms with Crippen LogP contribution in [-0.2, 0) is 11.8 Å². The molecule has 31 heavy (non-hydrogen) atoms. The molecule has 4 rings (SSSR count). The summed E-state index contributed by atoms with van der Waals surface area (Å²) in [6.45, 7) is 8.28. The van der Waals surface area contributed by atoms with Crippen LogP contribution in [0.2, 0.25) is 15.1 Å². The third kappa shape index (κ3) is 4.25. The molecule has 2 heterocycles. The molecular weight excluding hydrogens is 453 g/mol. The summed E-state index contributed by atoms with van der Waals surface area (Å²) >= 11 is 18.8. The average molecular weight is 475 g/mol. The minimum absolute atomic E-state index is 0.203. The molecule has 0 aliphatic rings. The first-order valence-corrected chi connectivity index (χ1v) is 11.1. The molecule has 0 radical (unpaired) electrons. The van der Waals surface area contributed by atoms with E-state index in [1.807, 2.05) is 30.3 Å². The fourth-order valence-corrected chi connectivity index (χ4v) is 4.05. The molecule has 0 aliphatic carbocycles. The van der Waals surface area contributed by atoms with Crippen LogP contribution in [-0.4, -0.2) is 14.5 Å². The van der Waals surface area contributed by atoms with E-state index in [-0.39, 0.29) is 5.41 Å². The van der Waals surface area contributed by atoms with Crippen molar-refractivity contribution in [3.63, 3.8) is 0 Å². The molecule has 4 aromatic rings. The first-order chi connectivity index (χ1) is 14.7. The quantitative estimate of drug-likeness (QED) is 0.301. The van der Waals surface area contributed by atoms with Crippen molar-refractivity contribution in [1.82, 2.24) is 14.5 Å². The van der Waals surface area contributed by atoms with E-state index >= 15 is 0 Å². The Morgan fingerprint density at radius 2 is 1.65 bits per heavy atom. The highest BCUT2D eigenvalue weighted by molar-refractivity contribution is 6.36. The van der Waals surface area contributed by atoms with Gasteiger partial charge in [-0.2, -0.15) is 0 Å². The second-order valence-corrected chi connectivity index (χ2v) is 9.58. The van der Waals surface area contributed by atoms with Gasteiger partial charge in [0.25, 0.3) is 0 Å². The molecule has 2 aromatic carbocycles. The second-order valence-electron chi connectivity index (χ2n) is 8.30. The Morgan fingerprint density at radius 3 is 2.23 bits per heavy atom. The van der Waals surface area contributed by atoms with Crippen LogP contribution in [0, 0.1) is 0 Å². The summed E-state index contributed by atoms with van der Waals surface area (Å²) < 4.78 is 8.21. The Balaban J connectivity index is 1.99. The van der Waals surface area contributed by atoms with Gasteiger partial charge in [0.05, 0.1) is 16.9 Å². The van der Waals surface area contributed by atoms with Gasteiger partial charge in [0.2, 0.25) is 0 Å². The summed E-state index contributed by atoms with van der Waals surface area (Å²) in [7, 11) is 0. The molecule has 0 aliphatic heterocycles. The molecular formula is C24H22Cl3N3O. The Hall–Kier alpha value is -2.27. The zero-order chi connectivity index (χ0) is 22.3. The van der Waals surface area contributed by atoms with E-state index in [2.05, 4.69) is 37.2 Å². The van der Waals surface area contributed by atoms with Gasteiger partial charge in [-0.05, 0) is 48.9 Å². The number of imidazole rings is 1. The Labute approximate surface area is 196 Å². The number of nitrogens with zero attached hydrogens (tertiary/aromatic N) is 3. The van der Waals surface area contributed by atoms with Crippen LogP contribution < -0.4 is 0 Å². The van der Waals surface area contributed by atoms with E-state index in [1.165, 1.54) is 0 Å². The SMILES string of the molecule is CCc1c(-c2cnc(C(C)(C)C)o2)nc(-c2ccc(Cl)cc2Cl)n1-c1ccc(Cl)cc1. The molecule has 160 valence electrons. The maximum atomic E-state index is 6.57. The summed E-state index contributed by atoms with van der Waals surface area (Å²) in [6, 6.07) is 13.0. The van der Waals surface area contributed by atoms with Gasteiger partial charge in [-0.15, -0.1) is 0 Å². The maximum absolute atomic E-state index is 6.57. The van der Waals surface area contributed by atoms with Crippen molar-refractivity contribution in [2.75, 3.05) is 0 Å². The highest BCUT2D eigenvalue weighted by Crippen LogP contribution is 2.37. The molecule has 0 spiro atoms. The third-order valence-electron chi connectivity index (χ3n) is 4.95. The van der Waals surface area contributed by atoms with Crippen LogP contribution in [0.15, 0.2) is 53.1 Å². The van der Waals surface area contributed by atoms with Gasteiger partial charge >= 0.3 is 0 Å². The lowest BCUT2D eigenvalue weighted by molar-refractivity contribution is 0.398. The monoisotopic (exact) mass is 473 g/mol. The first kappa shape index (κ1) is 21.9. The summed E-state index contributed by atoms with van der Waals surface area (Å²) in [5.41, 5.74) is 3.22. The van der Waals surface area contributed by atoms with E-state index in [1.54, 1.807) is 18.3 Å². The minimum atomic E-state index is -0.203. The topological polar surface area (TPSA) is 43.9 Å². The lowest BCUT2D eigenvalue weighted by Crippen LogP contribution is -2.10. The molecule has 0 atom stereocenters. The van der Waals surface area contributed by atoms with Gasteiger partial charge in [-0.3, -0.25) is 4.57 Å². The molecule has 0 amide bonds. The van der Waals surface area contributed by atoms with E-state index in [9.17, 15) is 0 Å². The zero-order valence-corrected chi connectivity index (χ0v) is 20.0. The van der Waals surface area contributed by atoms with Gasteiger partial charge < -0.3 is 4.42 Å². The Bertz CT molecular complexity index is 1230. The van der Waals surface area contributed by atoms with Crippen LogP contribution >= 0.6 is 34.8 Å². The molecule has 0 N–H and O–H groups in total.